The average Bonchev–Trinajstić information content (AvgIpc) is 3.23. The maximum Gasteiger partial charge on any atom is 0.343 e. The Bertz CT molecular complexity index is 1660. The molecule has 0 aliphatic carbocycles. The summed E-state index contributed by atoms with van der Waals surface area (Å²) in [6, 6.07) is 9.04. The van der Waals surface area contributed by atoms with Gasteiger partial charge < -0.3 is 19.0 Å². The predicted molar refractivity (Wildman–Crippen MR) is 120 cm³/mol. The molecule has 0 saturated heterocycles. The Morgan fingerprint density at radius 3 is 2.76 bits per heavy atom. The number of ether oxygens (including phenoxy) is 1. The van der Waals surface area contributed by atoms with Gasteiger partial charge in [-0.15, -0.1) is 0 Å². The van der Waals surface area contributed by atoms with Crippen LogP contribution in [0.15, 0.2) is 58.4 Å². The number of esters is 1. The quantitative estimate of drug-likeness (QED) is 0.407. The summed E-state index contributed by atoms with van der Waals surface area (Å²) >= 11 is 0. The van der Waals surface area contributed by atoms with Crippen molar-refractivity contribution in [2.24, 2.45) is 0 Å². The van der Waals surface area contributed by atoms with E-state index in [1.54, 1.807) is 36.0 Å². The number of nitrogens with zero attached hydrogens (tertiary/aromatic N) is 3. The lowest BCUT2D eigenvalue weighted by Gasteiger charge is -2.31. The van der Waals surface area contributed by atoms with Crippen molar-refractivity contribution in [3.8, 4) is 16.9 Å². The molecule has 170 valence electrons. The molecule has 0 spiro atoms. The molecule has 9 heteroatoms. The monoisotopic (exact) mass is 459 g/mol. The fraction of sp³-hybridized carbons (Fsp3) is 0.200. The number of pyridine rings is 3. The molecule has 34 heavy (non-hydrogen) atoms. The molecule has 0 bridgehead atoms. The van der Waals surface area contributed by atoms with Gasteiger partial charge in [0.25, 0.3) is 5.56 Å². The molecule has 1 aromatic carbocycles. The van der Waals surface area contributed by atoms with Gasteiger partial charge >= 0.3 is 5.97 Å². The highest BCUT2D eigenvalue weighted by Gasteiger charge is 2.45. The maximum atomic E-state index is 14.2. The van der Waals surface area contributed by atoms with Crippen LogP contribution < -0.4 is 11.0 Å². The van der Waals surface area contributed by atoms with E-state index in [2.05, 4.69) is 4.98 Å². The van der Waals surface area contributed by atoms with E-state index in [-0.39, 0.29) is 47.3 Å². The van der Waals surface area contributed by atoms with Crippen molar-refractivity contribution in [3.05, 3.63) is 92.0 Å². The van der Waals surface area contributed by atoms with Gasteiger partial charge in [-0.2, -0.15) is 0 Å². The summed E-state index contributed by atoms with van der Waals surface area (Å²) in [4.78, 5) is 43.7. The van der Waals surface area contributed by atoms with E-state index in [9.17, 15) is 23.9 Å². The van der Waals surface area contributed by atoms with Gasteiger partial charge in [0.15, 0.2) is 11.0 Å². The lowest BCUT2D eigenvalue weighted by Crippen LogP contribution is -2.44. The second-order valence-corrected chi connectivity index (χ2v) is 8.46. The van der Waals surface area contributed by atoms with E-state index in [0.29, 0.717) is 16.9 Å². The highest BCUT2D eigenvalue weighted by atomic mass is 19.1. The van der Waals surface area contributed by atoms with Crippen LogP contribution >= 0.6 is 0 Å². The smallest absolute Gasteiger partial charge is 0.343 e. The SMILES string of the molecule is CC[C@@]1(O)C(=O)OCc2c1cc1n(c2=O)Cc2c-1c(=O)c1cc(F)ccc1n2-c1cccnc1. The van der Waals surface area contributed by atoms with Gasteiger partial charge in [-0.1, -0.05) is 6.92 Å². The van der Waals surface area contributed by atoms with Crippen molar-refractivity contribution in [2.45, 2.75) is 32.1 Å². The molecule has 5 heterocycles. The third kappa shape index (κ3) is 2.55. The van der Waals surface area contributed by atoms with Gasteiger partial charge in [-0.25, -0.2) is 9.18 Å². The Balaban J connectivity index is 1.75. The first kappa shape index (κ1) is 20.5. The van der Waals surface area contributed by atoms with Gasteiger partial charge in [0, 0.05) is 17.1 Å². The zero-order valence-electron chi connectivity index (χ0n) is 18.0. The van der Waals surface area contributed by atoms with Crippen LogP contribution in [0, 0.1) is 5.82 Å². The van der Waals surface area contributed by atoms with Crippen molar-refractivity contribution in [2.75, 3.05) is 0 Å². The van der Waals surface area contributed by atoms with Gasteiger partial charge in [0.05, 0.1) is 46.5 Å². The van der Waals surface area contributed by atoms with Gasteiger partial charge in [0.2, 0.25) is 0 Å². The first-order valence-electron chi connectivity index (χ1n) is 10.8. The minimum absolute atomic E-state index is 0.00255. The topological polar surface area (TPSA) is 103 Å². The number of fused-ring (bicyclic) bond motifs is 5. The Hall–Kier alpha value is -4.11. The van der Waals surface area contributed by atoms with Crippen LogP contribution in [0.5, 0.6) is 0 Å². The first-order valence-corrected chi connectivity index (χ1v) is 10.8. The number of hydrogen-bond donors (Lipinski definition) is 1. The zero-order valence-corrected chi connectivity index (χ0v) is 18.0. The molecule has 8 nitrogen and oxygen atoms in total. The highest BCUT2D eigenvalue weighted by molar-refractivity contribution is 5.89. The minimum Gasteiger partial charge on any atom is -0.458 e. The van der Waals surface area contributed by atoms with E-state index in [4.69, 9.17) is 4.74 Å². The number of aromatic nitrogens is 3. The van der Waals surface area contributed by atoms with Crippen LogP contribution in [-0.4, -0.2) is 25.2 Å². The third-order valence-corrected chi connectivity index (χ3v) is 6.74. The third-order valence-electron chi connectivity index (χ3n) is 6.74. The molecule has 0 amide bonds. The highest BCUT2D eigenvalue weighted by Crippen LogP contribution is 2.39. The van der Waals surface area contributed by atoms with Crippen LogP contribution in [-0.2, 0) is 28.3 Å². The van der Waals surface area contributed by atoms with Crippen LogP contribution in [0.2, 0.25) is 0 Å². The molecule has 0 fully saturated rings. The number of cyclic esters (lactones) is 1. The van der Waals surface area contributed by atoms with E-state index in [1.165, 1.54) is 28.8 Å². The van der Waals surface area contributed by atoms with Crippen molar-refractivity contribution in [1.29, 1.82) is 0 Å². The molecule has 6 rings (SSSR count). The van der Waals surface area contributed by atoms with Gasteiger partial charge in [0.1, 0.15) is 12.4 Å². The summed E-state index contributed by atoms with van der Waals surface area (Å²) in [5.74, 6) is -1.40. The summed E-state index contributed by atoms with van der Waals surface area (Å²) in [5, 5.41) is 11.2. The van der Waals surface area contributed by atoms with Gasteiger partial charge in [-0.3, -0.25) is 14.6 Å². The summed E-state index contributed by atoms with van der Waals surface area (Å²) in [5.41, 5.74) is -0.409. The molecule has 0 saturated carbocycles. The lowest BCUT2D eigenvalue weighted by atomic mass is 9.86. The zero-order chi connectivity index (χ0) is 23.8. The number of carbonyl (C=O) groups excluding carboxylic acids is 1. The summed E-state index contributed by atoms with van der Waals surface area (Å²) < 4.78 is 22.5. The summed E-state index contributed by atoms with van der Waals surface area (Å²) in [6.07, 6.45) is 3.23. The second kappa shape index (κ2) is 6.94. The molecule has 1 atom stereocenters. The predicted octanol–water partition coefficient (Wildman–Crippen LogP) is 2.37. The molecular weight excluding hydrogens is 441 g/mol. The first-order chi connectivity index (χ1) is 16.3. The van der Waals surface area contributed by atoms with Crippen molar-refractivity contribution >= 4 is 16.9 Å². The molecule has 2 aliphatic heterocycles. The number of benzene rings is 1. The number of rotatable bonds is 2. The van der Waals surface area contributed by atoms with E-state index < -0.39 is 28.4 Å². The maximum absolute atomic E-state index is 14.2. The Kier molecular flexibility index (Phi) is 4.19. The van der Waals surface area contributed by atoms with Crippen molar-refractivity contribution < 1.29 is 19.0 Å². The van der Waals surface area contributed by atoms with Crippen LogP contribution in [0.4, 0.5) is 4.39 Å². The largest absolute Gasteiger partial charge is 0.458 e. The number of hydrogen-bond acceptors (Lipinski definition) is 6. The van der Waals surface area contributed by atoms with Crippen LogP contribution in [0.3, 0.4) is 0 Å². The van der Waals surface area contributed by atoms with E-state index >= 15 is 0 Å². The van der Waals surface area contributed by atoms with Gasteiger partial charge in [-0.05, 0) is 42.8 Å². The molecular formula is C25H18FN3O5. The Labute approximate surface area is 191 Å². The summed E-state index contributed by atoms with van der Waals surface area (Å²) in [6.45, 7) is 1.43. The Morgan fingerprint density at radius 2 is 2.03 bits per heavy atom. The van der Waals surface area contributed by atoms with E-state index in [1.807, 2.05) is 0 Å². The van der Waals surface area contributed by atoms with E-state index in [0.717, 1.165) is 0 Å². The fourth-order valence-electron chi connectivity index (χ4n) is 5.02. The molecule has 2 aliphatic rings. The van der Waals surface area contributed by atoms with Crippen molar-refractivity contribution in [1.82, 2.24) is 14.1 Å². The average molecular weight is 459 g/mol. The number of aliphatic hydroxyl groups is 1. The molecule has 4 aromatic rings. The molecule has 0 radical (unpaired) electrons. The standard InChI is InChI=1S/C25H18FN3O5/c1-2-25(33)17-9-19-21-20(11-28(19)23(31)16(17)12-34-24(25)32)29(14-4-3-7-27-10-14)18-6-5-13(26)8-15(18)22(21)30/h3-10,33H,2,11-12H2,1H3/t25-/m0/s1. The lowest BCUT2D eigenvalue weighted by molar-refractivity contribution is -0.172. The summed E-state index contributed by atoms with van der Waals surface area (Å²) in [7, 11) is 0. The second-order valence-electron chi connectivity index (χ2n) is 8.46. The number of halogens is 1. The minimum atomic E-state index is -1.99. The van der Waals surface area contributed by atoms with Crippen molar-refractivity contribution in [3.63, 3.8) is 0 Å². The fourth-order valence-corrected chi connectivity index (χ4v) is 5.02. The molecule has 3 aromatic heterocycles. The normalized spacial score (nSPS) is 18.4. The van der Waals surface area contributed by atoms with Crippen LogP contribution in [0.1, 0.15) is 30.2 Å². The molecule has 0 unspecified atom stereocenters. The Morgan fingerprint density at radius 1 is 1.21 bits per heavy atom. The van der Waals surface area contributed by atoms with Crippen LogP contribution in [0.25, 0.3) is 27.8 Å². The molecule has 1 N–H and O–H groups in total. The number of carbonyl (C=O) groups is 1.